The molecule has 0 amide bonds. The molecule has 0 aromatic carbocycles. The summed E-state index contributed by atoms with van der Waals surface area (Å²) < 4.78 is 13.9. The van der Waals surface area contributed by atoms with E-state index in [1.165, 1.54) is 0 Å². The van der Waals surface area contributed by atoms with Gasteiger partial charge in [-0.2, -0.15) is 0 Å². The number of carbonyl (C=O) groups is 1. The van der Waals surface area contributed by atoms with E-state index in [2.05, 4.69) is 20.4 Å². The lowest BCUT2D eigenvalue weighted by Crippen LogP contribution is -2.03. The molecule has 0 aliphatic heterocycles. The van der Waals surface area contributed by atoms with Crippen LogP contribution < -0.4 is 0 Å². The predicted octanol–water partition coefficient (Wildman–Crippen LogP) is 2.40. The van der Waals surface area contributed by atoms with Gasteiger partial charge in [0.05, 0.1) is 19.8 Å². The van der Waals surface area contributed by atoms with E-state index in [0.717, 1.165) is 0 Å². The first-order valence-electron chi connectivity index (χ1n) is 5.06. The quantitative estimate of drug-likeness (QED) is 0.446. The molecule has 0 radical (unpaired) electrons. The van der Waals surface area contributed by atoms with E-state index in [4.69, 9.17) is 4.89 Å². The molecule has 0 saturated carbocycles. The van der Waals surface area contributed by atoms with Crippen LogP contribution in [0.25, 0.3) is 0 Å². The summed E-state index contributed by atoms with van der Waals surface area (Å²) in [6.45, 7) is 11.8. The topological polar surface area (TPSA) is 65.0 Å². The third-order valence-electron chi connectivity index (χ3n) is 1.10. The van der Waals surface area contributed by atoms with Gasteiger partial charge in [-0.05, 0) is 27.7 Å². The summed E-state index contributed by atoms with van der Waals surface area (Å²) >= 11 is 0. The van der Waals surface area contributed by atoms with E-state index in [1.807, 2.05) is 13.8 Å². The van der Waals surface area contributed by atoms with Gasteiger partial charge in [-0.15, -0.1) is 0 Å². The Labute approximate surface area is 98.4 Å². The molecule has 0 aromatic rings. The van der Waals surface area contributed by atoms with Crippen molar-refractivity contribution in [2.24, 2.45) is 0 Å². The molecule has 16 heavy (non-hydrogen) atoms. The predicted molar refractivity (Wildman–Crippen MR) is 63.8 cm³/mol. The van der Waals surface area contributed by atoms with Crippen LogP contribution in [0.15, 0.2) is 12.2 Å². The second kappa shape index (κ2) is 12.6. The van der Waals surface area contributed by atoms with Gasteiger partial charge in [0.2, 0.25) is 0 Å². The lowest BCUT2D eigenvalue weighted by molar-refractivity contribution is -0.138. The Bertz CT molecular complexity index is 190. The highest BCUT2D eigenvalue weighted by molar-refractivity contribution is 7.40. The van der Waals surface area contributed by atoms with E-state index >= 15 is 0 Å². The van der Waals surface area contributed by atoms with Crippen molar-refractivity contribution in [2.45, 2.75) is 27.7 Å². The maximum atomic E-state index is 10.4. The van der Waals surface area contributed by atoms with E-state index < -0.39 is 8.60 Å². The average molecular weight is 252 g/mol. The van der Waals surface area contributed by atoms with Crippen LogP contribution in [-0.4, -0.2) is 30.7 Å². The monoisotopic (exact) mass is 252 g/mol. The fourth-order valence-electron chi connectivity index (χ4n) is 0.512. The van der Waals surface area contributed by atoms with Crippen LogP contribution >= 0.6 is 8.60 Å². The molecule has 0 aliphatic rings. The lowest BCUT2D eigenvalue weighted by atomic mass is 10.4. The molecule has 0 aromatic heterocycles. The molecule has 0 rings (SSSR count). The average Bonchev–Trinajstić information content (AvgIpc) is 2.19. The maximum absolute atomic E-state index is 10.4. The number of esters is 1. The van der Waals surface area contributed by atoms with Crippen LogP contribution in [0.3, 0.4) is 0 Å². The van der Waals surface area contributed by atoms with Gasteiger partial charge in [-0.3, -0.25) is 0 Å². The number of hydrogen-bond acceptors (Lipinski definition) is 5. The summed E-state index contributed by atoms with van der Waals surface area (Å²) in [6, 6.07) is 0. The van der Waals surface area contributed by atoms with E-state index in [-0.39, 0.29) is 5.97 Å². The number of rotatable bonds is 6. The normalized spacial score (nSPS) is 9.38. The van der Waals surface area contributed by atoms with Gasteiger partial charge < -0.3 is 18.7 Å². The third-order valence-corrected chi connectivity index (χ3v) is 2.06. The zero-order valence-electron chi connectivity index (χ0n) is 10.4. The van der Waals surface area contributed by atoms with Crippen LogP contribution in [0.1, 0.15) is 27.7 Å². The van der Waals surface area contributed by atoms with Crippen molar-refractivity contribution in [1.29, 1.82) is 0 Å². The highest BCUT2D eigenvalue weighted by atomic mass is 31.2. The zero-order valence-corrected chi connectivity index (χ0v) is 11.3. The fourth-order valence-corrected chi connectivity index (χ4v) is 1.03. The maximum Gasteiger partial charge on any atom is 0.333 e. The molecule has 0 unspecified atom stereocenters. The van der Waals surface area contributed by atoms with Crippen molar-refractivity contribution in [3.05, 3.63) is 12.2 Å². The highest BCUT2D eigenvalue weighted by Gasteiger charge is 2.00. The molecule has 0 atom stereocenters. The molecule has 0 aliphatic carbocycles. The SMILES string of the molecule is C=C(C)C(=O)OCC.CCOP(O)OCC. The van der Waals surface area contributed by atoms with Crippen molar-refractivity contribution in [3.63, 3.8) is 0 Å². The molecule has 0 fully saturated rings. The number of ether oxygens (including phenoxy) is 1. The highest BCUT2D eigenvalue weighted by Crippen LogP contribution is 2.31. The van der Waals surface area contributed by atoms with Crippen molar-refractivity contribution >= 4 is 14.6 Å². The van der Waals surface area contributed by atoms with E-state index in [9.17, 15) is 4.79 Å². The molecule has 0 saturated heterocycles. The van der Waals surface area contributed by atoms with Crippen LogP contribution in [0, 0.1) is 0 Å². The van der Waals surface area contributed by atoms with Gasteiger partial charge in [0.15, 0.2) is 0 Å². The molecule has 1 N–H and O–H groups in total. The summed E-state index contributed by atoms with van der Waals surface area (Å²) in [6.07, 6.45) is 0. The number of carbonyl (C=O) groups excluding carboxylic acids is 1. The molecule has 0 heterocycles. The van der Waals surface area contributed by atoms with Crippen molar-refractivity contribution in [2.75, 3.05) is 19.8 Å². The van der Waals surface area contributed by atoms with Crippen molar-refractivity contribution in [1.82, 2.24) is 0 Å². The zero-order chi connectivity index (χ0) is 13.0. The minimum Gasteiger partial charge on any atom is -0.463 e. The molecule has 0 bridgehead atoms. The van der Waals surface area contributed by atoms with Gasteiger partial charge in [0.25, 0.3) is 0 Å². The minimum absolute atomic E-state index is 0.312. The molecule has 6 heteroatoms. The largest absolute Gasteiger partial charge is 0.463 e. The fraction of sp³-hybridized carbons (Fsp3) is 0.700. The second-order valence-electron chi connectivity index (χ2n) is 2.57. The van der Waals surface area contributed by atoms with Crippen LogP contribution in [-0.2, 0) is 18.6 Å². The standard InChI is InChI=1S/C6H10O2.C4H11O3P/c1-4-8-6(7)5(2)3;1-3-6-8(5)7-4-2/h2,4H2,1,3H3;5H,3-4H2,1-2H3. The molecule has 5 nitrogen and oxygen atoms in total. The smallest absolute Gasteiger partial charge is 0.333 e. The van der Waals surface area contributed by atoms with Crippen molar-refractivity contribution in [3.8, 4) is 0 Å². The Balaban J connectivity index is 0. The Hall–Kier alpha value is -0.480. The second-order valence-corrected chi connectivity index (χ2v) is 3.57. The van der Waals surface area contributed by atoms with Gasteiger partial charge in [0.1, 0.15) is 0 Å². The van der Waals surface area contributed by atoms with Crippen LogP contribution in [0.5, 0.6) is 0 Å². The van der Waals surface area contributed by atoms with E-state index in [0.29, 0.717) is 25.4 Å². The molecular weight excluding hydrogens is 231 g/mol. The van der Waals surface area contributed by atoms with Crippen LogP contribution in [0.2, 0.25) is 0 Å². The first-order chi connectivity index (χ1) is 7.49. The Kier molecular flexibility index (Phi) is 14.1. The van der Waals surface area contributed by atoms with Gasteiger partial charge in [0, 0.05) is 5.57 Å². The molecule has 96 valence electrons. The summed E-state index contributed by atoms with van der Waals surface area (Å²) in [5, 5.41) is 0. The Morgan fingerprint density at radius 3 is 1.81 bits per heavy atom. The first-order valence-corrected chi connectivity index (χ1v) is 6.19. The summed E-state index contributed by atoms with van der Waals surface area (Å²) in [4.78, 5) is 19.1. The molecular formula is C10H21O5P. The Morgan fingerprint density at radius 1 is 1.19 bits per heavy atom. The summed E-state index contributed by atoms with van der Waals surface area (Å²) in [5.41, 5.74) is 0.451. The number of hydrogen-bond donors (Lipinski definition) is 1. The van der Waals surface area contributed by atoms with Crippen molar-refractivity contribution < 1.29 is 23.5 Å². The minimum atomic E-state index is -1.58. The summed E-state index contributed by atoms with van der Waals surface area (Å²) in [7, 11) is -1.58. The van der Waals surface area contributed by atoms with Crippen LogP contribution in [0.4, 0.5) is 0 Å². The third kappa shape index (κ3) is 13.5. The van der Waals surface area contributed by atoms with Gasteiger partial charge in [-0.1, -0.05) is 6.58 Å². The molecule has 0 spiro atoms. The van der Waals surface area contributed by atoms with Gasteiger partial charge in [-0.25, -0.2) is 4.79 Å². The summed E-state index contributed by atoms with van der Waals surface area (Å²) in [5.74, 6) is -0.312. The Morgan fingerprint density at radius 2 is 1.62 bits per heavy atom. The van der Waals surface area contributed by atoms with E-state index in [1.54, 1.807) is 13.8 Å². The van der Waals surface area contributed by atoms with Gasteiger partial charge >= 0.3 is 14.6 Å². The first kappa shape index (κ1) is 17.9. The lowest BCUT2D eigenvalue weighted by Gasteiger charge is -2.05.